The Kier molecular flexibility index (Phi) is 12.4. The molecule has 0 amide bonds. The summed E-state index contributed by atoms with van der Waals surface area (Å²) < 4.78 is 36.0. The van der Waals surface area contributed by atoms with Crippen LogP contribution in [0.1, 0.15) is 65.5 Å². The van der Waals surface area contributed by atoms with Gasteiger partial charge in [-0.25, -0.2) is 18.4 Å². The minimum Gasteiger partial charge on any atom is -0.496 e. The SMILES string of the molecule is C=C(C)OC1CCNCC1.CS(=O)(=O)CCCOc1cccc2c1ccn2-c1ccnc(CCC2CCC(CO)CC2)n1.[HH]. The minimum atomic E-state index is -2.98. The Balaban J connectivity index is 0.000000410. The molecule has 2 aliphatic rings. The number of nitrogens with one attached hydrogen (secondary N) is 1. The topological polar surface area (TPSA) is 116 Å². The molecule has 0 unspecified atom stereocenters. The Morgan fingerprint density at radius 3 is 2.56 bits per heavy atom. The molecular formula is C33H50N4O5S. The van der Waals surface area contributed by atoms with Gasteiger partial charge < -0.3 is 24.5 Å². The van der Waals surface area contributed by atoms with Crippen molar-refractivity contribution >= 4 is 20.7 Å². The molecule has 1 saturated carbocycles. The van der Waals surface area contributed by atoms with Crippen LogP contribution in [0.4, 0.5) is 0 Å². The molecule has 1 saturated heterocycles. The minimum absolute atomic E-state index is 0. The van der Waals surface area contributed by atoms with Crippen LogP contribution in [0.5, 0.6) is 5.75 Å². The van der Waals surface area contributed by atoms with Gasteiger partial charge in [-0.3, -0.25) is 0 Å². The third kappa shape index (κ3) is 10.6. The molecule has 2 N–H and O–H groups in total. The number of nitrogens with zero attached hydrogens (tertiary/aromatic N) is 3. The number of hydrogen-bond donors (Lipinski definition) is 2. The van der Waals surface area contributed by atoms with E-state index in [1.54, 1.807) is 0 Å². The molecular weight excluding hydrogens is 564 g/mol. The second-order valence-electron chi connectivity index (χ2n) is 11.9. The quantitative estimate of drug-likeness (QED) is 0.203. The van der Waals surface area contributed by atoms with E-state index in [2.05, 4.69) is 16.9 Å². The van der Waals surface area contributed by atoms with Crippen molar-refractivity contribution in [3.63, 3.8) is 0 Å². The lowest BCUT2D eigenvalue weighted by atomic mass is 9.80. The van der Waals surface area contributed by atoms with Gasteiger partial charge in [0, 0.05) is 38.5 Å². The van der Waals surface area contributed by atoms with E-state index in [0.29, 0.717) is 37.6 Å². The summed E-state index contributed by atoms with van der Waals surface area (Å²) in [5.41, 5.74) is 0.989. The average Bonchev–Trinajstić information content (AvgIpc) is 3.44. The van der Waals surface area contributed by atoms with E-state index in [1.807, 2.05) is 54.2 Å². The van der Waals surface area contributed by atoms with Gasteiger partial charge in [0.1, 0.15) is 33.3 Å². The first-order valence-corrected chi connectivity index (χ1v) is 17.6. The molecule has 0 atom stereocenters. The van der Waals surface area contributed by atoms with Crippen molar-refractivity contribution in [2.24, 2.45) is 11.8 Å². The summed E-state index contributed by atoms with van der Waals surface area (Å²) in [6, 6.07) is 9.79. The molecule has 1 aromatic carbocycles. The maximum Gasteiger partial charge on any atom is 0.147 e. The second kappa shape index (κ2) is 16.2. The summed E-state index contributed by atoms with van der Waals surface area (Å²) in [6.07, 6.45) is 14.7. The first kappa shape index (κ1) is 33.0. The number of aliphatic hydroxyl groups is 1. The van der Waals surface area contributed by atoms with E-state index in [-0.39, 0.29) is 7.18 Å². The predicted octanol–water partition coefficient (Wildman–Crippen LogP) is 5.50. The van der Waals surface area contributed by atoms with E-state index in [0.717, 1.165) is 85.7 Å². The summed E-state index contributed by atoms with van der Waals surface area (Å²) in [4.78, 5) is 9.31. The van der Waals surface area contributed by atoms with Gasteiger partial charge in [0.25, 0.3) is 0 Å². The van der Waals surface area contributed by atoms with Crippen molar-refractivity contribution in [1.82, 2.24) is 19.9 Å². The summed E-state index contributed by atoms with van der Waals surface area (Å²) in [5, 5.41) is 13.6. The Labute approximate surface area is 258 Å². The number of aromatic nitrogens is 3. The first-order chi connectivity index (χ1) is 20.7. The molecule has 0 radical (unpaired) electrons. The van der Waals surface area contributed by atoms with Gasteiger partial charge in [-0.05, 0) is 94.6 Å². The number of allylic oxidation sites excluding steroid dienone is 1. The highest BCUT2D eigenvalue weighted by Gasteiger charge is 2.21. The lowest BCUT2D eigenvalue weighted by molar-refractivity contribution is 0.0904. The summed E-state index contributed by atoms with van der Waals surface area (Å²) in [5.74, 6) is 4.56. The molecule has 5 rings (SSSR count). The number of aliphatic hydroxyl groups excluding tert-OH is 1. The normalized spacial score (nSPS) is 19.4. The molecule has 43 heavy (non-hydrogen) atoms. The zero-order chi connectivity index (χ0) is 30.7. The van der Waals surface area contributed by atoms with Crippen molar-refractivity contribution in [3.8, 4) is 11.6 Å². The fourth-order valence-electron chi connectivity index (χ4n) is 5.84. The van der Waals surface area contributed by atoms with Crippen LogP contribution in [0.25, 0.3) is 16.7 Å². The van der Waals surface area contributed by atoms with Crippen LogP contribution in [0.2, 0.25) is 0 Å². The molecule has 1 aliphatic carbocycles. The number of piperidine rings is 1. The van der Waals surface area contributed by atoms with Crippen LogP contribution in [-0.4, -0.2) is 72.5 Å². The number of fused-ring (bicyclic) bond motifs is 1. The van der Waals surface area contributed by atoms with E-state index in [4.69, 9.17) is 14.5 Å². The Morgan fingerprint density at radius 1 is 1.12 bits per heavy atom. The number of hydrogen-bond acceptors (Lipinski definition) is 8. The van der Waals surface area contributed by atoms with Gasteiger partial charge >= 0.3 is 0 Å². The maximum absolute atomic E-state index is 11.3. The molecule has 0 bridgehead atoms. The van der Waals surface area contributed by atoms with Crippen molar-refractivity contribution in [3.05, 3.63) is 60.9 Å². The highest BCUT2D eigenvalue weighted by molar-refractivity contribution is 7.90. The van der Waals surface area contributed by atoms with E-state index < -0.39 is 9.84 Å². The summed E-state index contributed by atoms with van der Waals surface area (Å²) in [7, 11) is -2.98. The third-order valence-corrected chi connectivity index (χ3v) is 9.23. The highest BCUT2D eigenvalue weighted by Crippen LogP contribution is 2.31. The number of aryl methyl sites for hydroxylation is 1. The van der Waals surface area contributed by atoms with Gasteiger partial charge in [-0.2, -0.15) is 0 Å². The molecule has 3 heterocycles. The van der Waals surface area contributed by atoms with E-state index >= 15 is 0 Å². The Bertz CT molecular complexity index is 1420. The van der Waals surface area contributed by atoms with Crippen molar-refractivity contribution in [2.75, 3.05) is 38.3 Å². The number of ether oxygens (including phenoxy) is 2. The molecule has 238 valence electrons. The molecule has 9 nitrogen and oxygen atoms in total. The molecule has 3 aromatic rings. The third-order valence-electron chi connectivity index (χ3n) is 8.20. The van der Waals surface area contributed by atoms with Gasteiger partial charge in [-0.1, -0.05) is 25.5 Å². The van der Waals surface area contributed by atoms with Gasteiger partial charge in [0.05, 0.1) is 23.6 Å². The predicted molar refractivity (Wildman–Crippen MR) is 173 cm³/mol. The van der Waals surface area contributed by atoms with Crippen LogP contribution in [-0.2, 0) is 21.0 Å². The molecule has 2 aromatic heterocycles. The van der Waals surface area contributed by atoms with Crippen LogP contribution >= 0.6 is 0 Å². The lowest BCUT2D eigenvalue weighted by Gasteiger charge is -2.27. The number of rotatable bonds is 12. The van der Waals surface area contributed by atoms with E-state index in [9.17, 15) is 13.5 Å². The van der Waals surface area contributed by atoms with Gasteiger partial charge in [0.15, 0.2) is 0 Å². The van der Waals surface area contributed by atoms with Gasteiger partial charge in [-0.15, -0.1) is 0 Å². The first-order valence-electron chi connectivity index (χ1n) is 15.6. The number of benzene rings is 1. The summed E-state index contributed by atoms with van der Waals surface area (Å²) >= 11 is 0. The Morgan fingerprint density at radius 2 is 1.86 bits per heavy atom. The monoisotopic (exact) mass is 614 g/mol. The van der Waals surface area contributed by atoms with Crippen LogP contribution in [0, 0.1) is 11.8 Å². The van der Waals surface area contributed by atoms with Crippen LogP contribution < -0.4 is 10.1 Å². The molecule has 0 spiro atoms. The smallest absolute Gasteiger partial charge is 0.147 e. The number of sulfone groups is 1. The fraction of sp³-hybridized carbons (Fsp3) is 0.576. The molecule has 10 heteroatoms. The lowest BCUT2D eigenvalue weighted by Crippen LogP contribution is -2.32. The van der Waals surface area contributed by atoms with Crippen molar-refractivity contribution in [2.45, 2.75) is 70.8 Å². The Hall–Kier alpha value is -2.95. The second-order valence-corrected chi connectivity index (χ2v) is 14.2. The molecule has 1 aliphatic heterocycles. The maximum atomic E-state index is 11.3. The van der Waals surface area contributed by atoms with Crippen LogP contribution in [0.3, 0.4) is 0 Å². The summed E-state index contributed by atoms with van der Waals surface area (Å²) in [6.45, 7) is 8.45. The standard InChI is InChI=1S/C25H33N3O4S.C8H15NO.H2/c1-33(30,31)17-3-16-32-23-5-2-4-22-21(23)13-15-28(22)25-12-14-26-24(27-25)11-10-19-6-8-20(18-29)9-7-19;1-7(2)10-8-3-5-9-6-4-8;/h2,4-5,12-15,19-20,29H,3,6-11,16-18H2,1H3;8-9H,1,3-6H2,2H3;1H. The molecule has 2 fully saturated rings. The highest BCUT2D eigenvalue weighted by atomic mass is 32.2. The average molecular weight is 615 g/mol. The van der Waals surface area contributed by atoms with Gasteiger partial charge in [0.2, 0.25) is 0 Å². The zero-order valence-electron chi connectivity index (χ0n) is 25.7. The largest absolute Gasteiger partial charge is 0.496 e. The fourth-order valence-corrected chi connectivity index (χ4v) is 6.49. The zero-order valence-corrected chi connectivity index (χ0v) is 26.5. The van der Waals surface area contributed by atoms with Crippen molar-refractivity contribution < 1.29 is 24.4 Å². The van der Waals surface area contributed by atoms with E-state index in [1.165, 1.54) is 19.1 Å². The van der Waals surface area contributed by atoms with Crippen LogP contribution in [0.15, 0.2) is 55.1 Å². The van der Waals surface area contributed by atoms with Crippen molar-refractivity contribution in [1.29, 1.82) is 0 Å².